The van der Waals surface area contributed by atoms with E-state index >= 15 is 0 Å². The van der Waals surface area contributed by atoms with E-state index in [0.29, 0.717) is 18.7 Å². The van der Waals surface area contributed by atoms with Crippen molar-refractivity contribution < 1.29 is 14.3 Å². The van der Waals surface area contributed by atoms with Gasteiger partial charge in [0.25, 0.3) is 0 Å². The number of aromatic nitrogens is 7. The first kappa shape index (κ1) is 22.9. The minimum absolute atomic E-state index is 0.0223. The molecule has 0 bridgehead atoms. The molecule has 1 saturated carbocycles. The lowest BCUT2D eigenvalue weighted by Gasteiger charge is -2.28. The average molecular weight is 454 g/mol. The summed E-state index contributed by atoms with van der Waals surface area (Å²) in [6, 6.07) is 3.83. The van der Waals surface area contributed by atoms with Crippen molar-refractivity contribution in [2.24, 2.45) is 13.0 Å². The Morgan fingerprint density at radius 1 is 1.21 bits per heavy atom. The van der Waals surface area contributed by atoms with E-state index in [2.05, 4.69) is 27.5 Å². The number of ether oxygens (including phenoxy) is 2. The van der Waals surface area contributed by atoms with E-state index in [4.69, 9.17) is 14.5 Å². The molecular weight excluding hydrogens is 422 g/mol. The fourth-order valence-corrected chi connectivity index (χ4v) is 4.31. The molecule has 10 nitrogen and oxygen atoms in total. The van der Waals surface area contributed by atoms with Gasteiger partial charge in [0.1, 0.15) is 11.4 Å². The lowest BCUT2D eigenvalue weighted by Crippen LogP contribution is -2.30. The van der Waals surface area contributed by atoms with Crippen LogP contribution in [0.5, 0.6) is 5.75 Å². The second kappa shape index (κ2) is 10.1. The van der Waals surface area contributed by atoms with Crippen LogP contribution in [0.4, 0.5) is 0 Å². The van der Waals surface area contributed by atoms with Gasteiger partial charge in [-0.15, -0.1) is 10.2 Å². The molecule has 0 amide bonds. The number of methoxy groups -OCH3 is 1. The fraction of sp³-hybridized carbons (Fsp3) is 0.565. The SMILES string of the molecule is CCCc1cn(Cc2c(-c3ccc(O[C@H]4CCC[C@H](C(=O)OC)C4)c(C)n3)nnn2C)nn1. The number of aryl methyl sites for hydroxylation is 3. The first-order valence-corrected chi connectivity index (χ1v) is 11.5. The van der Waals surface area contributed by atoms with E-state index in [1.54, 1.807) is 9.36 Å². The van der Waals surface area contributed by atoms with Gasteiger partial charge in [-0.1, -0.05) is 23.8 Å². The number of carbonyl (C=O) groups excluding carboxylic acids is 1. The Hall–Kier alpha value is -3.30. The van der Waals surface area contributed by atoms with Gasteiger partial charge in [0, 0.05) is 13.2 Å². The molecule has 1 aliphatic rings. The van der Waals surface area contributed by atoms with Gasteiger partial charge in [-0.3, -0.25) is 4.79 Å². The number of pyridine rings is 1. The number of rotatable bonds is 8. The Kier molecular flexibility index (Phi) is 7.00. The molecule has 3 aromatic heterocycles. The van der Waals surface area contributed by atoms with Crippen LogP contribution in [0.25, 0.3) is 11.4 Å². The maximum Gasteiger partial charge on any atom is 0.308 e. The van der Waals surface area contributed by atoms with Crippen LogP contribution in [0, 0.1) is 12.8 Å². The van der Waals surface area contributed by atoms with Crippen molar-refractivity contribution in [3.05, 3.63) is 35.4 Å². The largest absolute Gasteiger partial charge is 0.489 e. The van der Waals surface area contributed by atoms with Gasteiger partial charge in [0.05, 0.1) is 48.5 Å². The third kappa shape index (κ3) is 5.20. The van der Waals surface area contributed by atoms with Gasteiger partial charge in [-0.2, -0.15) is 0 Å². The zero-order valence-electron chi connectivity index (χ0n) is 19.7. The number of esters is 1. The van der Waals surface area contributed by atoms with Crippen molar-refractivity contribution in [1.29, 1.82) is 0 Å². The maximum absolute atomic E-state index is 11.9. The summed E-state index contributed by atoms with van der Waals surface area (Å²) in [4.78, 5) is 16.7. The van der Waals surface area contributed by atoms with E-state index in [0.717, 1.165) is 60.6 Å². The van der Waals surface area contributed by atoms with Crippen LogP contribution in [-0.4, -0.2) is 54.2 Å². The van der Waals surface area contributed by atoms with E-state index < -0.39 is 0 Å². The van der Waals surface area contributed by atoms with Crippen LogP contribution in [0.3, 0.4) is 0 Å². The highest BCUT2D eigenvalue weighted by Gasteiger charge is 2.29. The number of carbonyl (C=O) groups is 1. The van der Waals surface area contributed by atoms with Gasteiger partial charge < -0.3 is 9.47 Å². The Morgan fingerprint density at radius 2 is 2.06 bits per heavy atom. The Labute approximate surface area is 193 Å². The first-order valence-electron chi connectivity index (χ1n) is 11.5. The molecule has 0 radical (unpaired) electrons. The molecule has 0 saturated heterocycles. The summed E-state index contributed by atoms with van der Waals surface area (Å²) < 4.78 is 14.7. The summed E-state index contributed by atoms with van der Waals surface area (Å²) in [7, 11) is 3.30. The molecule has 0 N–H and O–H groups in total. The standard InChI is InChI=1S/C23H31N7O3/c1-5-7-17-13-30(28-25-17)14-20-22(26-27-29(20)3)19-10-11-21(15(2)24-19)33-18-9-6-8-16(12-18)23(31)32-4/h10-11,13,16,18H,5-9,12,14H2,1-4H3/t16-,18-/m0/s1. The summed E-state index contributed by atoms with van der Waals surface area (Å²) in [5.41, 5.74) is 4.09. The Balaban J connectivity index is 1.49. The third-order valence-corrected chi connectivity index (χ3v) is 6.08. The number of nitrogens with zero attached hydrogens (tertiary/aromatic N) is 7. The van der Waals surface area contributed by atoms with Crippen LogP contribution in [0.2, 0.25) is 0 Å². The third-order valence-electron chi connectivity index (χ3n) is 6.08. The Bertz CT molecular complexity index is 1110. The van der Waals surface area contributed by atoms with Crippen LogP contribution in [0.15, 0.2) is 18.3 Å². The van der Waals surface area contributed by atoms with Crippen molar-refractivity contribution in [3.63, 3.8) is 0 Å². The highest BCUT2D eigenvalue weighted by molar-refractivity contribution is 5.72. The Morgan fingerprint density at radius 3 is 2.82 bits per heavy atom. The highest BCUT2D eigenvalue weighted by atomic mass is 16.5. The molecule has 3 heterocycles. The zero-order valence-corrected chi connectivity index (χ0v) is 19.7. The molecule has 0 spiro atoms. The topological polar surface area (TPSA) is 110 Å². The van der Waals surface area contributed by atoms with Crippen LogP contribution < -0.4 is 4.74 Å². The highest BCUT2D eigenvalue weighted by Crippen LogP contribution is 2.31. The van der Waals surface area contributed by atoms with Crippen molar-refractivity contribution in [2.75, 3.05) is 7.11 Å². The monoisotopic (exact) mass is 453 g/mol. The van der Waals surface area contributed by atoms with Crippen molar-refractivity contribution in [3.8, 4) is 17.1 Å². The normalized spacial score (nSPS) is 18.3. The number of hydrogen-bond donors (Lipinski definition) is 0. The van der Waals surface area contributed by atoms with Gasteiger partial charge in [-0.05, 0) is 51.2 Å². The van der Waals surface area contributed by atoms with Crippen molar-refractivity contribution in [2.45, 2.75) is 65.0 Å². The minimum Gasteiger partial charge on any atom is -0.489 e. The predicted molar refractivity (Wildman–Crippen MR) is 120 cm³/mol. The molecule has 0 aliphatic heterocycles. The molecule has 176 valence electrons. The molecule has 1 fully saturated rings. The second-order valence-electron chi connectivity index (χ2n) is 8.57. The molecule has 2 atom stereocenters. The molecule has 0 unspecified atom stereocenters. The fourth-order valence-electron chi connectivity index (χ4n) is 4.31. The zero-order chi connectivity index (χ0) is 23.4. The van der Waals surface area contributed by atoms with Crippen LogP contribution in [-0.2, 0) is 29.5 Å². The molecule has 3 aromatic rings. The summed E-state index contributed by atoms with van der Waals surface area (Å²) in [5.74, 6) is 0.469. The van der Waals surface area contributed by atoms with Gasteiger partial charge in [0.2, 0.25) is 0 Å². The van der Waals surface area contributed by atoms with E-state index in [9.17, 15) is 4.79 Å². The second-order valence-corrected chi connectivity index (χ2v) is 8.57. The van der Waals surface area contributed by atoms with Crippen LogP contribution >= 0.6 is 0 Å². The van der Waals surface area contributed by atoms with Gasteiger partial charge in [0.15, 0.2) is 0 Å². The van der Waals surface area contributed by atoms with E-state index in [1.807, 2.05) is 32.3 Å². The molecule has 1 aliphatic carbocycles. The van der Waals surface area contributed by atoms with Crippen molar-refractivity contribution >= 4 is 5.97 Å². The quantitative estimate of drug-likeness (QED) is 0.479. The van der Waals surface area contributed by atoms with E-state index in [-0.39, 0.29) is 18.0 Å². The van der Waals surface area contributed by atoms with Gasteiger partial charge in [-0.25, -0.2) is 14.3 Å². The minimum atomic E-state index is -0.155. The predicted octanol–water partition coefficient (Wildman–Crippen LogP) is 2.89. The van der Waals surface area contributed by atoms with Crippen LogP contribution in [0.1, 0.15) is 56.1 Å². The summed E-state index contributed by atoms with van der Waals surface area (Å²) in [6.45, 7) is 4.55. The smallest absolute Gasteiger partial charge is 0.308 e. The summed E-state index contributed by atoms with van der Waals surface area (Å²) in [6.07, 6.45) is 7.25. The number of hydrogen-bond acceptors (Lipinski definition) is 8. The molecular formula is C23H31N7O3. The molecule has 0 aromatic carbocycles. The summed E-state index contributed by atoms with van der Waals surface area (Å²) in [5, 5.41) is 17.0. The molecule has 10 heteroatoms. The van der Waals surface area contributed by atoms with Gasteiger partial charge >= 0.3 is 5.97 Å². The summed E-state index contributed by atoms with van der Waals surface area (Å²) >= 11 is 0. The molecule has 4 rings (SSSR count). The molecule has 33 heavy (non-hydrogen) atoms. The maximum atomic E-state index is 11.9. The average Bonchev–Trinajstić information content (AvgIpc) is 3.42. The van der Waals surface area contributed by atoms with E-state index in [1.165, 1.54) is 7.11 Å². The lowest BCUT2D eigenvalue weighted by atomic mass is 9.87. The van der Waals surface area contributed by atoms with Crippen molar-refractivity contribution in [1.82, 2.24) is 35.0 Å². The lowest BCUT2D eigenvalue weighted by molar-refractivity contribution is -0.147. The first-order chi connectivity index (χ1) is 16.0.